The number of rotatable bonds is 3. The Morgan fingerprint density at radius 2 is 2.14 bits per heavy atom. The highest BCUT2D eigenvalue weighted by Crippen LogP contribution is 2.28. The van der Waals surface area contributed by atoms with Crippen LogP contribution in [0.5, 0.6) is 0 Å². The van der Waals surface area contributed by atoms with Crippen LogP contribution in [-0.4, -0.2) is 23.3 Å². The number of piperidine rings is 1. The van der Waals surface area contributed by atoms with E-state index < -0.39 is 0 Å². The first-order valence-electron chi connectivity index (χ1n) is 7.67. The second-order valence-corrected chi connectivity index (χ2v) is 6.42. The molecule has 0 unspecified atom stereocenters. The van der Waals surface area contributed by atoms with Gasteiger partial charge in [-0.1, -0.05) is 41.4 Å². The first-order valence-corrected chi connectivity index (χ1v) is 8.05. The molecule has 4 nitrogen and oxygen atoms in total. The highest BCUT2D eigenvalue weighted by atomic mass is 35.5. The van der Waals surface area contributed by atoms with Gasteiger partial charge in [0.05, 0.1) is 11.9 Å². The van der Waals surface area contributed by atoms with E-state index in [0.29, 0.717) is 5.92 Å². The predicted molar refractivity (Wildman–Crippen MR) is 89.7 cm³/mol. The number of halogens is 1. The van der Waals surface area contributed by atoms with Gasteiger partial charge in [0.25, 0.3) is 5.56 Å². The van der Waals surface area contributed by atoms with E-state index in [-0.39, 0.29) is 10.6 Å². The number of hydrogen-bond donors (Lipinski definition) is 1. The normalized spacial score (nSPS) is 18.5. The Labute approximate surface area is 135 Å². The minimum Gasteiger partial charge on any atom is -0.369 e. The standard InChI is InChI=1S/C17H20ClN3O/c1-12-4-6-13(7-5-12)9-14-3-2-8-21(11-14)15-10-19-20-17(22)16(15)18/h4-7,10,14H,2-3,8-9,11H2,1H3,(H,20,22)/t14-/m1/s1. The number of benzene rings is 1. The van der Waals surface area contributed by atoms with E-state index in [9.17, 15) is 4.79 Å². The van der Waals surface area contributed by atoms with Crippen molar-refractivity contribution in [3.8, 4) is 0 Å². The largest absolute Gasteiger partial charge is 0.369 e. The minimum absolute atomic E-state index is 0.242. The highest BCUT2D eigenvalue weighted by molar-refractivity contribution is 6.32. The van der Waals surface area contributed by atoms with Gasteiger partial charge in [0.2, 0.25) is 0 Å². The quantitative estimate of drug-likeness (QED) is 0.945. The lowest BCUT2D eigenvalue weighted by atomic mass is 9.91. The van der Waals surface area contributed by atoms with Gasteiger partial charge >= 0.3 is 0 Å². The fourth-order valence-corrected chi connectivity index (χ4v) is 3.31. The maximum Gasteiger partial charge on any atom is 0.285 e. The minimum atomic E-state index is -0.320. The molecule has 0 bridgehead atoms. The van der Waals surface area contributed by atoms with Gasteiger partial charge < -0.3 is 4.90 Å². The van der Waals surface area contributed by atoms with Crippen molar-refractivity contribution in [3.05, 3.63) is 57.0 Å². The Morgan fingerprint density at radius 3 is 2.91 bits per heavy atom. The van der Waals surface area contributed by atoms with Crippen molar-refractivity contribution in [2.24, 2.45) is 5.92 Å². The van der Waals surface area contributed by atoms with Crippen molar-refractivity contribution in [2.45, 2.75) is 26.2 Å². The molecular formula is C17H20ClN3O. The van der Waals surface area contributed by atoms with Crippen LogP contribution in [0.15, 0.2) is 35.3 Å². The van der Waals surface area contributed by atoms with Crippen LogP contribution in [0, 0.1) is 12.8 Å². The van der Waals surface area contributed by atoms with Gasteiger partial charge in [-0.2, -0.15) is 5.10 Å². The fraction of sp³-hybridized carbons (Fsp3) is 0.412. The van der Waals surface area contributed by atoms with Crippen LogP contribution < -0.4 is 10.5 Å². The molecular weight excluding hydrogens is 298 g/mol. The monoisotopic (exact) mass is 317 g/mol. The molecule has 5 heteroatoms. The summed E-state index contributed by atoms with van der Waals surface area (Å²) < 4.78 is 0. The third-order valence-corrected chi connectivity index (χ3v) is 4.65. The first kappa shape index (κ1) is 15.1. The summed E-state index contributed by atoms with van der Waals surface area (Å²) in [6.45, 7) is 3.95. The number of nitrogens with zero attached hydrogens (tertiary/aromatic N) is 2. The van der Waals surface area contributed by atoms with Crippen LogP contribution in [0.3, 0.4) is 0 Å². The number of aryl methyl sites for hydroxylation is 1. The van der Waals surface area contributed by atoms with Gasteiger partial charge in [-0.3, -0.25) is 4.79 Å². The number of hydrogen-bond acceptors (Lipinski definition) is 3. The van der Waals surface area contributed by atoms with Gasteiger partial charge in [0.15, 0.2) is 0 Å². The van der Waals surface area contributed by atoms with E-state index in [1.54, 1.807) is 6.20 Å². The molecule has 2 heterocycles. The summed E-state index contributed by atoms with van der Waals surface area (Å²) >= 11 is 6.13. The predicted octanol–water partition coefficient (Wildman–Crippen LogP) is 3.19. The highest BCUT2D eigenvalue weighted by Gasteiger charge is 2.23. The zero-order valence-corrected chi connectivity index (χ0v) is 13.4. The molecule has 3 rings (SSSR count). The molecule has 1 N–H and O–H groups in total. The summed E-state index contributed by atoms with van der Waals surface area (Å²) in [5, 5.41) is 6.49. The zero-order chi connectivity index (χ0) is 15.5. The van der Waals surface area contributed by atoms with Gasteiger partial charge in [0.1, 0.15) is 5.02 Å². The lowest BCUT2D eigenvalue weighted by molar-refractivity contribution is 0.413. The molecule has 1 aromatic heterocycles. The average Bonchev–Trinajstić information content (AvgIpc) is 2.53. The smallest absolute Gasteiger partial charge is 0.285 e. The lowest BCUT2D eigenvalue weighted by Crippen LogP contribution is -2.37. The van der Waals surface area contributed by atoms with Gasteiger partial charge in [0, 0.05) is 13.1 Å². The Balaban J connectivity index is 1.72. The molecule has 0 aliphatic carbocycles. The zero-order valence-electron chi connectivity index (χ0n) is 12.7. The molecule has 2 aromatic rings. The van der Waals surface area contributed by atoms with E-state index in [0.717, 1.165) is 31.6 Å². The Bertz CT molecular complexity index is 696. The maximum atomic E-state index is 11.6. The molecule has 1 saturated heterocycles. The molecule has 0 radical (unpaired) electrons. The summed E-state index contributed by atoms with van der Waals surface area (Å²) in [6, 6.07) is 8.73. The third kappa shape index (κ3) is 3.33. The van der Waals surface area contributed by atoms with Crippen LogP contribution in [0.1, 0.15) is 24.0 Å². The van der Waals surface area contributed by atoms with Gasteiger partial charge in [-0.15, -0.1) is 0 Å². The molecule has 1 atom stereocenters. The van der Waals surface area contributed by atoms with E-state index >= 15 is 0 Å². The van der Waals surface area contributed by atoms with Crippen LogP contribution in [0.25, 0.3) is 0 Å². The Kier molecular flexibility index (Phi) is 4.48. The summed E-state index contributed by atoms with van der Waals surface area (Å²) in [6.07, 6.45) is 5.03. The second-order valence-electron chi connectivity index (χ2n) is 6.04. The van der Waals surface area contributed by atoms with Crippen molar-refractivity contribution in [1.82, 2.24) is 10.2 Å². The molecule has 1 aliphatic heterocycles. The fourth-order valence-electron chi connectivity index (χ4n) is 3.10. The van der Waals surface area contributed by atoms with Crippen molar-refractivity contribution < 1.29 is 0 Å². The topological polar surface area (TPSA) is 49.0 Å². The molecule has 0 saturated carbocycles. The van der Waals surface area contributed by atoms with E-state index in [4.69, 9.17) is 11.6 Å². The first-order chi connectivity index (χ1) is 10.6. The Morgan fingerprint density at radius 1 is 1.36 bits per heavy atom. The molecule has 116 valence electrons. The van der Waals surface area contributed by atoms with Crippen molar-refractivity contribution >= 4 is 17.3 Å². The van der Waals surface area contributed by atoms with Crippen LogP contribution >= 0.6 is 11.6 Å². The van der Waals surface area contributed by atoms with E-state index in [1.807, 2.05) is 0 Å². The van der Waals surface area contributed by atoms with E-state index in [2.05, 4.69) is 46.3 Å². The van der Waals surface area contributed by atoms with Crippen molar-refractivity contribution in [1.29, 1.82) is 0 Å². The number of anilines is 1. The number of nitrogens with one attached hydrogen (secondary N) is 1. The summed E-state index contributed by atoms with van der Waals surface area (Å²) in [4.78, 5) is 13.8. The van der Waals surface area contributed by atoms with Crippen molar-refractivity contribution in [3.63, 3.8) is 0 Å². The van der Waals surface area contributed by atoms with E-state index in [1.165, 1.54) is 17.5 Å². The average molecular weight is 318 g/mol. The number of aromatic amines is 1. The SMILES string of the molecule is Cc1ccc(C[C@H]2CCCN(c3cn[nH]c(=O)c3Cl)C2)cc1. The summed E-state index contributed by atoms with van der Waals surface area (Å²) in [7, 11) is 0. The third-order valence-electron chi connectivity index (χ3n) is 4.28. The molecule has 0 spiro atoms. The van der Waals surface area contributed by atoms with Crippen molar-refractivity contribution in [2.75, 3.05) is 18.0 Å². The summed E-state index contributed by atoms with van der Waals surface area (Å²) in [5.74, 6) is 0.576. The van der Waals surface area contributed by atoms with Crippen LogP contribution in [-0.2, 0) is 6.42 Å². The van der Waals surface area contributed by atoms with Gasteiger partial charge in [-0.05, 0) is 37.7 Å². The van der Waals surface area contributed by atoms with Crippen LogP contribution in [0.4, 0.5) is 5.69 Å². The van der Waals surface area contributed by atoms with Gasteiger partial charge in [-0.25, -0.2) is 5.10 Å². The number of H-pyrrole nitrogens is 1. The molecule has 1 aliphatic rings. The Hall–Kier alpha value is -1.81. The second kappa shape index (κ2) is 6.53. The van der Waals surface area contributed by atoms with Crippen LogP contribution in [0.2, 0.25) is 5.02 Å². The molecule has 1 fully saturated rings. The number of aromatic nitrogens is 2. The maximum absolute atomic E-state index is 11.6. The molecule has 1 aromatic carbocycles. The molecule has 22 heavy (non-hydrogen) atoms. The lowest BCUT2D eigenvalue weighted by Gasteiger charge is -2.34. The summed E-state index contributed by atoms with van der Waals surface area (Å²) in [5.41, 5.74) is 3.09. The molecule has 0 amide bonds.